The van der Waals surface area contributed by atoms with E-state index in [1.807, 2.05) is 44.2 Å². The molecular weight excluding hydrogens is 488 g/mol. The summed E-state index contributed by atoms with van der Waals surface area (Å²) in [6, 6.07) is 15.2. The van der Waals surface area contributed by atoms with Crippen LogP contribution in [0.25, 0.3) is 0 Å². The number of nitrogens with one attached hydrogen (secondary N) is 4. The van der Waals surface area contributed by atoms with Gasteiger partial charge < -0.3 is 26.0 Å². The Morgan fingerprint density at radius 3 is 2.32 bits per heavy atom. The fourth-order valence-corrected chi connectivity index (χ4v) is 3.55. The van der Waals surface area contributed by atoms with Gasteiger partial charge in [-0.3, -0.25) is 4.79 Å². The Hall–Kier alpha value is -4.21. The molecule has 0 aromatic heterocycles. The van der Waals surface area contributed by atoms with Crippen molar-refractivity contribution in [1.82, 2.24) is 5.32 Å². The van der Waals surface area contributed by atoms with Gasteiger partial charge in [0.1, 0.15) is 17.4 Å². The van der Waals surface area contributed by atoms with Crippen molar-refractivity contribution in [1.29, 1.82) is 0 Å². The quantitative estimate of drug-likeness (QED) is 0.264. The van der Waals surface area contributed by atoms with Crippen LogP contribution in [0.5, 0.6) is 5.75 Å². The standard InChI is InChI=1S/C25H22F4N4O2.C2H6/c1-14(31-22-13-18(25(27,28)29)6-9-20(22)26)30-19-7-3-16(4-8-19)11-17-5-10-21-23(12-17)35-24(33-21)32-15(2)34;1-2/h3-10,12-13,24,30-31,33H,1,11H2,2H3,(H,32,34);1-2H3. The summed E-state index contributed by atoms with van der Waals surface area (Å²) in [6.45, 7) is 9.12. The molecule has 0 saturated heterocycles. The number of benzene rings is 3. The average molecular weight is 517 g/mol. The lowest BCUT2D eigenvalue weighted by Gasteiger charge is -2.15. The Bertz CT molecular complexity index is 1260. The Morgan fingerprint density at radius 1 is 1.00 bits per heavy atom. The molecule has 4 rings (SSSR count). The first-order valence-corrected chi connectivity index (χ1v) is 11.6. The van der Waals surface area contributed by atoms with Gasteiger partial charge in [0.2, 0.25) is 5.91 Å². The lowest BCUT2D eigenvalue weighted by Crippen LogP contribution is -2.40. The monoisotopic (exact) mass is 516 g/mol. The third kappa shape index (κ3) is 7.39. The first-order chi connectivity index (χ1) is 17.6. The van der Waals surface area contributed by atoms with Gasteiger partial charge in [-0.1, -0.05) is 38.6 Å². The molecule has 196 valence electrons. The average Bonchev–Trinajstić information content (AvgIpc) is 3.23. The zero-order valence-corrected chi connectivity index (χ0v) is 20.6. The molecule has 0 bridgehead atoms. The van der Waals surface area contributed by atoms with Crippen LogP contribution in [0.1, 0.15) is 37.5 Å². The molecule has 1 aliphatic heterocycles. The molecule has 1 heterocycles. The molecule has 37 heavy (non-hydrogen) atoms. The summed E-state index contributed by atoms with van der Waals surface area (Å²) >= 11 is 0. The van der Waals surface area contributed by atoms with Crippen molar-refractivity contribution < 1.29 is 27.1 Å². The van der Waals surface area contributed by atoms with Crippen LogP contribution in [-0.4, -0.2) is 12.3 Å². The first-order valence-electron chi connectivity index (χ1n) is 11.6. The van der Waals surface area contributed by atoms with E-state index in [9.17, 15) is 22.4 Å². The molecule has 3 aromatic rings. The Labute approximate surface area is 212 Å². The van der Waals surface area contributed by atoms with E-state index < -0.39 is 23.9 Å². The lowest BCUT2D eigenvalue weighted by atomic mass is 10.0. The van der Waals surface area contributed by atoms with Crippen LogP contribution in [0.15, 0.2) is 73.1 Å². The number of anilines is 3. The molecule has 1 atom stereocenters. The van der Waals surface area contributed by atoms with Gasteiger partial charge in [0.15, 0.2) is 0 Å². The molecular formula is C27H28F4N4O2. The minimum atomic E-state index is -4.58. The van der Waals surface area contributed by atoms with Crippen LogP contribution in [0.4, 0.5) is 34.6 Å². The molecule has 10 heteroatoms. The fraction of sp³-hybridized carbons (Fsp3) is 0.222. The van der Waals surface area contributed by atoms with Gasteiger partial charge >= 0.3 is 6.18 Å². The number of fused-ring (bicyclic) bond motifs is 1. The van der Waals surface area contributed by atoms with Crippen molar-refractivity contribution >= 4 is 23.0 Å². The molecule has 1 aliphatic rings. The highest BCUT2D eigenvalue weighted by Crippen LogP contribution is 2.33. The van der Waals surface area contributed by atoms with E-state index in [4.69, 9.17) is 4.74 Å². The van der Waals surface area contributed by atoms with Crippen molar-refractivity contribution in [2.75, 3.05) is 16.0 Å². The number of hydrogen-bond donors (Lipinski definition) is 4. The predicted octanol–water partition coefficient (Wildman–Crippen LogP) is 6.68. The predicted molar refractivity (Wildman–Crippen MR) is 137 cm³/mol. The highest BCUT2D eigenvalue weighted by molar-refractivity contribution is 5.74. The van der Waals surface area contributed by atoms with E-state index in [1.165, 1.54) is 6.92 Å². The van der Waals surface area contributed by atoms with Crippen molar-refractivity contribution in [3.63, 3.8) is 0 Å². The second-order valence-electron chi connectivity index (χ2n) is 7.97. The summed E-state index contributed by atoms with van der Waals surface area (Å²) in [7, 11) is 0. The second kappa shape index (κ2) is 11.7. The number of halogens is 4. The van der Waals surface area contributed by atoms with Crippen molar-refractivity contribution in [2.45, 2.75) is 39.7 Å². The van der Waals surface area contributed by atoms with E-state index >= 15 is 0 Å². The van der Waals surface area contributed by atoms with Crippen LogP contribution < -0.4 is 26.0 Å². The maximum absolute atomic E-state index is 13.9. The minimum absolute atomic E-state index is 0.118. The molecule has 0 aliphatic carbocycles. The number of amides is 1. The van der Waals surface area contributed by atoms with Crippen molar-refractivity contribution in [2.24, 2.45) is 0 Å². The van der Waals surface area contributed by atoms with Gasteiger partial charge in [-0.2, -0.15) is 13.2 Å². The molecule has 3 aromatic carbocycles. The van der Waals surface area contributed by atoms with Crippen LogP contribution in [0.3, 0.4) is 0 Å². The molecule has 4 N–H and O–H groups in total. The summed E-state index contributed by atoms with van der Waals surface area (Å²) < 4.78 is 58.3. The van der Waals surface area contributed by atoms with E-state index in [-0.39, 0.29) is 17.4 Å². The number of rotatable bonds is 7. The van der Waals surface area contributed by atoms with Gasteiger partial charge in [-0.05, 0) is 60.0 Å². The van der Waals surface area contributed by atoms with E-state index in [2.05, 4.69) is 27.8 Å². The molecule has 0 saturated carbocycles. The molecule has 0 fully saturated rings. The van der Waals surface area contributed by atoms with E-state index in [0.717, 1.165) is 22.9 Å². The van der Waals surface area contributed by atoms with Gasteiger partial charge in [0.25, 0.3) is 6.35 Å². The molecule has 0 spiro atoms. The Morgan fingerprint density at radius 2 is 1.68 bits per heavy atom. The van der Waals surface area contributed by atoms with Gasteiger partial charge in [-0.25, -0.2) is 4.39 Å². The zero-order valence-electron chi connectivity index (χ0n) is 20.6. The fourth-order valence-electron chi connectivity index (χ4n) is 3.55. The van der Waals surface area contributed by atoms with E-state index in [0.29, 0.717) is 30.0 Å². The maximum Gasteiger partial charge on any atom is 0.416 e. The smallest absolute Gasteiger partial charge is 0.416 e. The minimum Gasteiger partial charge on any atom is -0.450 e. The van der Waals surface area contributed by atoms with Gasteiger partial charge in [0.05, 0.1) is 16.9 Å². The number of ether oxygens (including phenoxy) is 1. The maximum atomic E-state index is 13.9. The summed E-state index contributed by atoms with van der Waals surface area (Å²) in [5.74, 6) is -0.271. The van der Waals surface area contributed by atoms with E-state index in [1.54, 1.807) is 12.1 Å². The number of hydrogen-bond acceptors (Lipinski definition) is 5. The summed E-state index contributed by atoms with van der Waals surface area (Å²) in [5, 5.41) is 11.1. The molecule has 0 radical (unpaired) electrons. The van der Waals surface area contributed by atoms with Crippen LogP contribution in [0.2, 0.25) is 0 Å². The Kier molecular flexibility index (Phi) is 8.65. The summed E-state index contributed by atoms with van der Waals surface area (Å²) in [5.41, 5.74) is 2.12. The van der Waals surface area contributed by atoms with Crippen LogP contribution in [0, 0.1) is 5.82 Å². The van der Waals surface area contributed by atoms with Crippen LogP contribution in [-0.2, 0) is 17.4 Å². The van der Waals surface area contributed by atoms with Gasteiger partial charge in [0, 0.05) is 12.6 Å². The summed E-state index contributed by atoms with van der Waals surface area (Å²) in [4.78, 5) is 11.2. The highest BCUT2D eigenvalue weighted by atomic mass is 19.4. The highest BCUT2D eigenvalue weighted by Gasteiger charge is 2.31. The summed E-state index contributed by atoms with van der Waals surface area (Å²) in [6.07, 6.45) is -4.56. The molecule has 1 unspecified atom stereocenters. The largest absolute Gasteiger partial charge is 0.450 e. The first kappa shape index (κ1) is 27.4. The number of alkyl halides is 3. The number of carbonyl (C=O) groups is 1. The third-order valence-electron chi connectivity index (χ3n) is 5.15. The Balaban J connectivity index is 0.00000186. The second-order valence-corrected chi connectivity index (χ2v) is 7.97. The number of carbonyl (C=O) groups excluding carboxylic acids is 1. The SMILES string of the molecule is C=C(Nc1ccc(Cc2ccc3c(c2)OC(NC(C)=O)N3)cc1)Nc1cc(C(F)(F)F)ccc1F.CC. The van der Waals surface area contributed by atoms with Crippen LogP contribution >= 0.6 is 0 Å². The van der Waals surface area contributed by atoms with Crippen molar-refractivity contribution in [3.05, 3.63) is 95.6 Å². The zero-order chi connectivity index (χ0) is 27.2. The molecule has 1 amide bonds. The topological polar surface area (TPSA) is 74.4 Å². The lowest BCUT2D eigenvalue weighted by molar-refractivity contribution is -0.137. The van der Waals surface area contributed by atoms with Crippen molar-refractivity contribution in [3.8, 4) is 5.75 Å². The van der Waals surface area contributed by atoms with Gasteiger partial charge in [-0.15, -0.1) is 0 Å². The third-order valence-corrected chi connectivity index (χ3v) is 5.15. The normalized spacial score (nSPS) is 13.8. The molecule has 6 nitrogen and oxygen atoms in total.